The lowest BCUT2D eigenvalue weighted by Gasteiger charge is -2.32. The Kier molecular flexibility index (Phi) is 6.33. The molecule has 0 amide bonds. The van der Waals surface area contributed by atoms with Crippen LogP contribution in [0.4, 0.5) is 5.69 Å². The van der Waals surface area contributed by atoms with Gasteiger partial charge in [-0.3, -0.25) is 0 Å². The van der Waals surface area contributed by atoms with Crippen molar-refractivity contribution in [2.75, 3.05) is 11.4 Å². The molecule has 0 atom stereocenters. The van der Waals surface area contributed by atoms with E-state index in [1.165, 1.54) is 50.8 Å². The molecule has 0 spiro atoms. The van der Waals surface area contributed by atoms with Crippen LogP contribution in [-0.4, -0.2) is 6.54 Å². The van der Waals surface area contributed by atoms with Crippen molar-refractivity contribution in [2.45, 2.75) is 25.9 Å². The summed E-state index contributed by atoms with van der Waals surface area (Å²) >= 11 is 0. The number of pyridine rings is 1. The average Bonchev–Trinajstić information content (AvgIpc) is 2.94. The summed E-state index contributed by atoms with van der Waals surface area (Å²) in [6, 6.07) is 39.2. The number of aromatic nitrogens is 1. The van der Waals surface area contributed by atoms with Crippen molar-refractivity contribution < 1.29 is 4.57 Å². The van der Waals surface area contributed by atoms with E-state index in [-0.39, 0.29) is 0 Å². The minimum Gasteiger partial charge on any atom is -0.367 e. The molecule has 1 aliphatic heterocycles. The number of hydrogen-bond donors (Lipinski definition) is 0. The van der Waals surface area contributed by atoms with Gasteiger partial charge in [-0.05, 0) is 47.2 Å². The lowest BCUT2D eigenvalue weighted by atomic mass is 9.95. The molecular formula is C34H31N2+. The molecule has 1 aromatic heterocycles. The second-order valence-electron chi connectivity index (χ2n) is 9.59. The zero-order valence-electron chi connectivity index (χ0n) is 20.6. The van der Waals surface area contributed by atoms with Gasteiger partial charge in [-0.15, -0.1) is 0 Å². The minimum atomic E-state index is 0.870. The molecule has 36 heavy (non-hydrogen) atoms. The van der Waals surface area contributed by atoms with Gasteiger partial charge in [0.2, 0.25) is 5.52 Å². The van der Waals surface area contributed by atoms with Crippen molar-refractivity contribution in [1.29, 1.82) is 0 Å². The monoisotopic (exact) mass is 467 g/mol. The van der Waals surface area contributed by atoms with Gasteiger partial charge in [-0.25, -0.2) is 0 Å². The standard InChI is InChI=1S/C34H31N2/c1-3-11-27(12-4-1)25-35-23-10-17-32-29(15-9-19-34(32)35)20-21-30-22-24-36(26-28-13-5-2-6-14-28)33-18-8-7-16-31(30)33/h1-9,11-16,18-22,24H,10,17,23,25-26H2/q+1/b21-20+. The molecule has 0 bridgehead atoms. The number of benzene rings is 4. The third-order valence-corrected chi connectivity index (χ3v) is 7.20. The van der Waals surface area contributed by atoms with Crippen LogP contribution in [-0.2, 0) is 19.5 Å². The van der Waals surface area contributed by atoms with Gasteiger partial charge in [-0.2, -0.15) is 4.57 Å². The van der Waals surface area contributed by atoms with Crippen molar-refractivity contribution in [3.05, 3.63) is 143 Å². The second kappa shape index (κ2) is 10.2. The summed E-state index contributed by atoms with van der Waals surface area (Å²) in [5.74, 6) is 0. The molecule has 5 aromatic rings. The lowest BCUT2D eigenvalue weighted by Crippen LogP contribution is -2.34. The Morgan fingerprint density at radius 1 is 0.667 bits per heavy atom. The molecule has 4 aromatic carbocycles. The molecule has 6 rings (SSSR count). The van der Waals surface area contributed by atoms with E-state index in [2.05, 4.69) is 137 Å². The van der Waals surface area contributed by atoms with Crippen molar-refractivity contribution in [3.63, 3.8) is 0 Å². The molecule has 1 aliphatic rings. The maximum atomic E-state index is 2.54. The van der Waals surface area contributed by atoms with Crippen LogP contribution >= 0.6 is 0 Å². The fraction of sp³-hybridized carbons (Fsp3) is 0.147. The number of fused-ring (bicyclic) bond motifs is 2. The first kappa shape index (κ1) is 22.3. The van der Waals surface area contributed by atoms with E-state index < -0.39 is 0 Å². The van der Waals surface area contributed by atoms with Crippen LogP contribution in [0, 0.1) is 0 Å². The summed E-state index contributed by atoms with van der Waals surface area (Å²) in [5.41, 5.74) is 9.37. The summed E-state index contributed by atoms with van der Waals surface area (Å²) in [6.45, 7) is 2.94. The fourth-order valence-corrected chi connectivity index (χ4v) is 5.40. The Morgan fingerprint density at radius 2 is 1.39 bits per heavy atom. The topological polar surface area (TPSA) is 7.12 Å². The molecule has 2 heteroatoms. The van der Waals surface area contributed by atoms with Gasteiger partial charge in [0.05, 0.1) is 5.39 Å². The van der Waals surface area contributed by atoms with E-state index in [9.17, 15) is 0 Å². The smallest absolute Gasteiger partial charge is 0.213 e. The van der Waals surface area contributed by atoms with Gasteiger partial charge in [0.1, 0.15) is 0 Å². The van der Waals surface area contributed by atoms with Crippen molar-refractivity contribution in [1.82, 2.24) is 0 Å². The van der Waals surface area contributed by atoms with Gasteiger partial charge in [0.15, 0.2) is 12.7 Å². The normalized spacial score (nSPS) is 13.3. The molecule has 0 saturated heterocycles. The van der Waals surface area contributed by atoms with Crippen LogP contribution in [0.1, 0.15) is 34.2 Å². The summed E-state index contributed by atoms with van der Waals surface area (Å²) < 4.78 is 2.34. The van der Waals surface area contributed by atoms with Crippen LogP contribution in [0.3, 0.4) is 0 Å². The quantitative estimate of drug-likeness (QED) is 0.238. The van der Waals surface area contributed by atoms with E-state index in [0.717, 1.165) is 26.1 Å². The van der Waals surface area contributed by atoms with E-state index in [1.807, 2.05) is 0 Å². The van der Waals surface area contributed by atoms with Crippen LogP contribution < -0.4 is 9.47 Å². The van der Waals surface area contributed by atoms with E-state index >= 15 is 0 Å². The Labute approximate surface area is 213 Å². The number of anilines is 1. The van der Waals surface area contributed by atoms with Crippen molar-refractivity contribution in [2.24, 2.45) is 0 Å². The zero-order valence-corrected chi connectivity index (χ0v) is 20.6. The summed E-state index contributed by atoms with van der Waals surface area (Å²) in [6.07, 6.45) is 9.15. The zero-order chi connectivity index (χ0) is 24.2. The highest BCUT2D eigenvalue weighted by atomic mass is 15.1. The highest BCUT2D eigenvalue weighted by Gasteiger charge is 2.19. The minimum absolute atomic E-state index is 0.870. The van der Waals surface area contributed by atoms with Gasteiger partial charge in [-0.1, -0.05) is 97.1 Å². The number of rotatable bonds is 6. The van der Waals surface area contributed by atoms with E-state index in [0.29, 0.717) is 0 Å². The van der Waals surface area contributed by atoms with E-state index in [4.69, 9.17) is 0 Å². The SMILES string of the molecule is C(=C\c1cc[n+](Cc2ccccc2)c2ccccc12)/c1cccc2c1CCCN2Cc1ccccc1. The molecule has 0 unspecified atom stereocenters. The predicted octanol–water partition coefficient (Wildman–Crippen LogP) is 7.30. The molecule has 0 fully saturated rings. The van der Waals surface area contributed by atoms with Crippen LogP contribution in [0.15, 0.2) is 115 Å². The van der Waals surface area contributed by atoms with Crippen molar-refractivity contribution in [3.8, 4) is 0 Å². The Bertz CT molecular complexity index is 1500. The first-order valence-electron chi connectivity index (χ1n) is 12.9. The highest BCUT2D eigenvalue weighted by molar-refractivity contribution is 5.89. The fourth-order valence-electron chi connectivity index (χ4n) is 5.40. The maximum absolute atomic E-state index is 2.54. The first-order valence-corrected chi connectivity index (χ1v) is 12.9. The maximum Gasteiger partial charge on any atom is 0.213 e. The number of nitrogens with zero attached hydrogens (tertiary/aromatic N) is 2. The second-order valence-corrected chi connectivity index (χ2v) is 9.59. The van der Waals surface area contributed by atoms with Gasteiger partial charge >= 0.3 is 0 Å². The molecule has 2 heterocycles. The lowest BCUT2D eigenvalue weighted by molar-refractivity contribution is -0.662. The summed E-state index contributed by atoms with van der Waals surface area (Å²) in [5, 5.41) is 1.28. The number of hydrogen-bond acceptors (Lipinski definition) is 1. The largest absolute Gasteiger partial charge is 0.367 e. The molecule has 0 aliphatic carbocycles. The van der Waals surface area contributed by atoms with Crippen LogP contribution in [0.2, 0.25) is 0 Å². The third kappa shape index (κ3) is 4.67. The third-order valence-electron chi connectivity index (χ3n) is 7.20. The Hall–Kier alpha value is -4.17. The molecular weight excluding hydrogens is 436 g/mol. The van der Waals surface area contributed by atoms with Crippen molar-refractivity contribution >= 4 is 28.7 Å². The summed E-state index contributed by atoms with van der Waals surface area (Å²) in [7, 11) is 0. The molecule has 176 valence electrons. The van der Waals surface area contributed by atoms with Gasteiger partial charge in [0.25, 0.3) is 0 Å². The Morgan fingerprint density at radius 3 is 2.22 bits per heavy atom. The van der Waals surface area contributed by atoms with Gasteiger partial charge < -0.3 is 4.90 Å². The van der Waals surface area contributed by atoms with E-state index in [1.54, 1.807) is 0 Å². The highest BCUT2D eigenvalue weighted by Crippen LogP contribution is 2.32. The molecule has 2 nitrogen and oxygen atoms in total. The summed E-state index contributed by atoms with van der Waals surface area (Å²) in [4.78, 5) is 2.54. The van der Waals surface area contributed by atoms with Gasteiger partial charge in [0, 0.05) is 36.5 Å². The molecule has 0 radical (unpaired) electrons. The Balaban J connectivity index is 1.31. The molecule has 0 saturated carbocycles. The predicted molar refractivity (Wildman–Crippen MR) is 151 cm³/mol. The molecule has 0 N–H and O–H groups in total. The average molecular weight is 468 g/mol. The van der Waals surface area contributed by atoms with Crippen LogP contribution in [0.25, 0.3) is 23.1 Å². The first-order chi connectivity index (χ1) is 17.8. The van der Waals surface area contributed by atoms with Crippen LogP contribution in [0.5, 0.6) is 0 Å². The number of para-hydroxylation sites is 1.